The van der Waals surface area contributed by atoms with Gasteiger partial charge in [0.25, 0.3) is 0 Å². The molecule has 0 bridgehead atoms. The predicted octanol–water partition coefficient (Wildman–Crippen LogP) is 1.69. The van der Waals surface area contributed by atoms with E-state index in [1.165, 1.54) is 12.3 Å². The van der Waals surface area contributed by atoms with Gasteiger partial charge < -0.3 is 14.5 Å². The Kier molecular flexibility index (Phi) is 4.29. The molecule has 2 aliphatic heterocycles. The standard InChI is InChI=1S/C16H22FN3O2/c1-22-10-9-19-7-2-5-16(15(19)21)6-8-20(12-16)14-4-3-13(17)11-18-14/h3-4,11H,2,5-10,12H2,1H3/t16-/m0/s1. The van der Waals surface area contributed by atoms with Gasteiger partial charge in [-0.15, -0.1) is 0 Å². The third-order valence-corrected chi connectivity index (χ3v) is 4.78. The van der Waals surface area contributed by atoms with Crippen LogP contribution in [0.5, 0.6) is 0 Å². The van der Waals surface area contributed by atoms with Crippen LogP contribution in [0, 0.1) is 11.2 Å². The lowest BCUT2D eigenvalue weighted by molar-refractivity contribution is -0.145. The molecular formula is C16H22FN3O2. The summed E-state index contributed by atoms with van der Waals surface area (Å²) in [5.74, 6) is 0.651. The first-order valence-corrected chi connectivity index (χ1v) is 7.79. The molecule has 120 valence electrons. The fourth-order valence-corrected chi connectivity index (χ4v) is 3.57. The van der Waals surface area contributed by atoms with Crippen LogP contribution in [0.15, 0.2) is 18.3 Å². The van der Waals surface area contributed by atoms with Gasteiger partial charge in [-0.05, 0) is 31.4 Å². The number of hydrogen-bond acceptors (Lipinski definition) is 4. The number of halogens is 1. The van der Waals surface area contributed by atoms with Gasteiger partial charge >= 0.3 is 0 Å². The lowest BCUT2D eigenvalue weighted by Gasteiger charge is -2.39. The lowest BCUT2D eigenvalue weighted by atomic mass is 9.78. The minimum absolute atomic E-state index is 0.236. The summed E-state index contributed by atoms with van der Waals surface area (Å²) >= 11 is 0. The monoisotopic (exact) mass is 307 g/mol. The van der Waals surface area contributed by atoms with Crippen LogP contribution in [0.3, 0.4) is 0 Å². The molecule has 0 unspecified atom stereocenters. The molecule has 22 heavy (non-hydrogen) atoms. The molecule has 1 amide bonds. The number of rotatable bonds is 4. The maximum absolute atomic E-state index is 13.0. The lowest BCUT2D eigenvalue weighted by Crippen LogP contribution is -2.51. The minimum atomic E-state index is -0.336. The number of ether oxygens (including phenoxy) is 1. The Morgan fingerprint density at radius 3 is 2.95 bits per heavy atom. The largest absolute Gasteiger partial charge is 0.383 e. The van der Waals surface area contributed by atoms with Crippen molar-refractivity contribution >= 4 is 11.7 Å². The number of amides is 1. The first-order valence-electron chi connectivity index (χ1n) is 7.79. The zero-order valence-electron chi connectivity index (χ0n) is 12.9. The highest BCUT2D eigenvalue weighted by Gasteiger charge is 2.48. The number of pyridine rings is 1. The van der Waals surface area contributed by atoms with Crippen LogP contribution < -0.4 is 4.90 Å². The second kappa shape index (κ2) is 6.20. The zero-order valence-corrected chi connectivity index (χ0v) is 12.9. The molecule has 0 aliphatic carbocycles. The molecule has 0 N–H and O–H groups in total. The van der Waals surface area contributed by atoms with E-state index in [0.717, 1.165) is 38.2 Å². The van der Waals surface area contributed by atoms with Crippen molar-refractivity contribution in [1.82, 2.24) is 9.88 Å². The molecule has 0 radical (unpaired) electrons. The normalized spacial score (nSPS) is 25.3. The Bertz CT molecular complexity index is 537. The number of nitrogens with zero attached hydrogens (tertiary/aromatic N) is 3. The van der Waals surface area contributed by atoms with Crippen LogP contribution in [-0.2, 0) is 9.53 Å². The topological polar surface area (TPSA) is 45.7 Å². The van der Waals surface area contributed by atoms with Crippen molar-refractivity contribution in [2.75, 3.05) is 44.8 Å². The molecule has 3 rings (SSSR count). The van der Waals surface area contributed by atoms with Crippen molar-refractivity contribution in [1.29, 1.82) is 0 Å². The minimum Gasteiger partial charge on any atom is -0.383 e. The van der Waals surface area contributed by atoms with Crippen molar-refractivity contribution in [2.24, 2.45) is 5.41 Å². The van der Waals surface area contributed by atoms with Gasteiger partial charge in [0.2, 0.25) is 5.91 Å². The molecule has 0 aromatic carbocycles. The number of aromatic nitrogens is 1. The van der Waals surface area contributed by atoms with Gasteiger partial charge in [-0.3, -0.25) is 4.79 Å². The summed E-state index contributed by atoms with van der Waals surface area (Å²) in [6.07, 6.45) is 4.02. The summed E-state index contributed by atoms with van der Waals surface area (Å²) in [5, 5.41) is 0. The van der Waals surface area contributed by atoms with E-state index in [-0.39, 0.29) is 17.1 Å². The summed E-state index contributed by atoms with van der Waals surface area (Å²) in [7, 11) is 1.65. The van der Waals surface area contributed by atoms with Crippen LogP contribution in [-0.4, -0.2) is 55.7 Å². The average molecular weight is 307 g/mol. The van der Waals surface area contributed by atoms with Gasteiger partial charge in [-0.1, -0.05) is 0 Å². The van der Waals surface area contributed by atoms with Gasteiger partial charge in [0.15, 0.2) is 0 Å². The van der Waals surface area contributed by atoms with Crippen molar-refractivity contribution in [3.05, 3.63) is 24.1 Å². The van der Waals surface area contributed by atoms with Crippen LogP contribution in [0.4, 0.5) is 10.2 Å². The molecular weight excluding hydrogens is 285 g/mol. The number of likely N-dealkylation sites (tertiary alicyclic amines) is 1. The first-order chi connectivity index (χ1) is 10.6. The summed E-state index contributed by atoms with van der Waals surface area (Å²) in [4.78, 5) is 21.0. The second-order valence-electron chi connectivity index (χ2n) is 6.18. The highest BCUT2D eigenvalue weighted by atomic mass is 19.1. The Morgan fingerprint density at radius 1 is 1.36 bits per heavy atom. The molecule has 1 aromatic heterocycles. The fourth-order valence-electron chi connectivity index (χ4n) is 3.57. The van der Waals surface area contributed by atoms with E-state index in [4.69, 9.17) is 4.74 Å². The average Bonchev–Trinajstić information content (AvgIpc) is 2.95. The van der Waals surface area contributed by atoms with Crippen LogP contribution in [0.1, 0.15) is 19.3 Å². The van der Waals surface area contributed by atoms with Crippen LogP contribution >= 0.6 is 0 Å². The smallest absolute Gasteiger partial charge is 0.230 e. The molecule has 1 aromatic rings. The van der Waals surface area contributed by atoms with Gasteiger partial charge in [-0.2, -0.15) is 0 Å². The molecule has 6 heteroatoms. The molecule has 3 heterocycles. The fraction of sp³-hybridized carbons (Fsp3) is 0.625. The highest BCUT2D eigenvalue weighted by molar-refractivity contribution is 5.85. The molecule has 1 spiro atoms. The third-order valence-electron chi connectivity index (χ3n) is 4.78. The Hall–Kier alpha value is -1.69. The van der Waals surface area contributed by atoms with E-state index in [1.54, 1.807) is 13.2 Å². The summed E-state index contributed by atoms with van der Waals surface area (Å²) in [5.41, 5.74) is -0.304. The maximum Gasteiger partial charge on any atom is 0.230 e. The molecule has 2 aliphatic rings. The van der Waals surface area contributed by atoms with Gasteiger partial charge in [0.05, 0.1) is 18.2 Å². The predicted molar refractivity (Wildman–Crippen MR) is 81.1 cm³/mol. The molecule has 0 saturated carbocycles. The zero-order chi connectivity index (χ0) is 15.6. The van der Waals surface area contributed by atoms with E-state index < -0.39 is 0 Å². The van der Waals surface area contributed by atoms with Gasteiger partial charge in [0.1, 0.15) is 11.6 Å². The molecule has 2 fully saturated rings. The SMILES string of the molecule is COCCN1CCC[C@@]2(CCN(c3ccc(F)cn3)C2)C1=O. The van der Waals surface area contributed by atoms with E-state index >= 15 is 0 Å². The number of anilines is 1. The van der Waals surface area contributed by atoms with E-state index in [9.17, 15) is 9.18 Å². The Morgan fingerprint density at radius 2 is 2.23 bits per heavy atom. The number of methoxy groups -OCH3 is 1. The first kappa shape index (κ1) is 15.2. The Balaban J connectivity index is 1.71. The van der Waals surface area contributed by atoms with Crippen molar-refractivity contribution < 1.29 is 13.9 Å². The quantitative estimate of drug-likeness (QED) is 0.849. The van der Waals surface area contributed by atoms with Crippen LogP contribution in [0.25, 0.3) is 0 Å². The van der Waals surface area contributed by atoms with E-state index in [1.807, 2.05) is 4.90 Å². The molecule has 2 saturated heterocycles. The maximum atomic E-state index is 13.0. The number of hydrogen-bond donors (Lipinski definition) is 0. The Labute approximate surface area is 130 Å². The highest BCUT2D eigenvalue weighted by Crippen LogP contribution is 2.41. The van der Waals surface area contributed by atoms with Gasteiger partial charge in [0, 0.05) is 33.3 Å². The number of carbonyl (C=O) groups is 1. The third kappa shape index (κ3) is 2.79. The van der Waals surface area contributed by atoms with Crippen molar-refractivity contribution in [3.8, 4) is 0 Å². The van der Waals surface area contributed by atoms with Crippen LogP contribution in [0.2, 0.25) is 0 Å². The van der Waals surface area contributed by atoms with E-state index in [2.05, 4.69) is 9.88 Å². The van der Waals surface area contributed by atoms with E-state index in [0.29, 0.717) is 19.7 Å². The number of carbonyl (C=O) groups excluding carboxylic acids is 1. The number of piperidine rings is 1. The second-order valence-corrected chi connectivity index (χ2v) is 6.18. The summed E-state index contributed by atoms with van der Waals surface area (Å²) < 4.78 is 18.1. The molecule has 1 atom stereocenters. The van der Waals surface area contributed by atoms with Gasteiger partial charge in [-0.25, -0.2) is 9.37 Å². The molecule has 5 nitrogen and oxygen atoms in total. The van der Waals surface area contributed by atoms with Crippen molar-refractivity contribution in [3.63, 3.8) is 0 Å². The van der Waals surface area contributed by atoms with Crippen molar-refractivity contribution in [2.45, 2.75) is 19.3 Å². The summed E-state index contributed by atoms with van der Waals surface area (Å²) in [6.45, 7) is 3.52. The summed E-state index contributed by atoms with van der Waals surface area (Å²) in [6, 6.07) is 3.10.